The van der Waals surface area contributed by atoms with E-state index in [1.165, 1.54) is 4.90 Å². The Morgan fingerprint density at radius 1 is 1.41 bits per heavy atom. The molecule has 1 aliphatic heterocycles. The third-order valence-corrected chi connectivity index (χ3v) is 3.41. The number of benzene rings is 1. The van der Waals surface area contributed by atoms with Crippen molar-refractivity contribution in [1.29, 1.82) is 0 Å². The molecule has 1 aromatic rings. The molecule has 0 unspecified atom stereocenters. The highest BCUT2D eigenvalue weighted by Gasteiger charge is 2.32. The predicted octanol–water partition coefficient (Wildman–Crippen LogP) is 1.33. The smallest absolute Gasteiger partial charge is 0.328 e. The lowest BCUT2D eigenvalue weighted by molar-refractivity contribution is -0.158. The van der Waals surface area contributed by atoms with Crippen molar-refractivity contribution in [3.05, 3.63) is 29.8 Å². The average Bonchev–Trinajstić information content (AvgIpc) is 2.48. The Hall–Kier alpha value is -2.08. The van der Waals surface area contributed by atoms with Crippen molar-refractivity contribution in [2.45, 2.75) is 32.4 Å². The van der Waals surface area contributed by atoms with Crippen LogP contribution in [-0.4, -0.2) is 53.8 Å². The molecule has 0 aromatic heterocycles. The zero-order valence-corrected chi connectivity index (χ0v) is 12.8. The monoisotopic (exact) mass is 307 g/mol. The molecule has 1 amide bonds. The number of hydrogen-bond donors (Lipinski definition) is 1. The summed E-state index contributed by atoms with van der Waals surface area (Å²) in [6.45, 7) is 4.52. The van der Waals surface area contributed by atoms with Crippen LogP contribution >= 0.6 is 0 Å². The normalized spacial score (nSPS) is 18.3. The van der Waals surface area contributed by atoms with Crippen molar-refractivity contribution in [2.75, 3.05) is 19.8 Å². The third kappa shape index (κ3) is 3.98. The average molecular weight is 307 g/mol. The Bertz CT molecular complexity index is 543. The molecule has 0 saturated carbocycles. The topological polar surface area (TPSA) is 76.1 Å². The van der Waals surface area contributed by atoms with Crippen LogP contribution < -0.4 is 4.74 Å². The molecule has 1 saturated heterocycles. The van der Waals surface area contributed by atoms with Gasteiger partial charge in [-0.1, -0.05) is 18.2 Å². The highest BCUT2D eigenvalue weighted by atomic mass is 16.5. The molecule has 1 heterocycles. The Kier molecular flexibility index (Phi) is 5.38. The van der Waals surface area contributed by atoms with E-state index in [0.29, 0.717) is 18.9 Å². The van der Waals surface area contributed by atoms with Gasteiger partial charge in [-0.2, -0.15) is 0 Å². The van der Waals surface area contributed by atoms with E-state index >= 15 is 0 Å². The van der Waals surface area contributed by atoms with E-state index in [4.69, 9.17) is 9.47 Å². The molecule has 6 heteroatoms. The zero-order valence-electron chi connectivity index (χ0n) is 12.8. The van der Waals surface area contributed by atoms with Crippen molar-refractivity contribution in [2.24, 2.45) is 0 Å². The standard InChI is InChI=1S/C16H21NO5/c1-11(2)22-14-6-4-3-5-12(14)9-15(18)17-7-8-21-10-13(17)16(19)20/h3-6,11,13H,7-10H2,1-2H3,(H,19,20)/t13-/m0/s1. The van der Waals surface area contributed by atoms with E-state index in [0.717, 1.165) is 5.56 Å². The van der Waals surface area contributed by atoms with Crippen molar-refractivity contribution in [3.8, 4) is 5.75 Å². The van der Waals surface area contributed by atoms with Crippen molar-refractivity contribution in [3.63, 3.8) is 0 Å². The van der Waals surface area contributed by atoms with Crippen LogP contribution in [0.1, 0.15) is 19.4 Å². The number of amides is 1. The molecule has 0 spiro atoms. The summed E-state index contributed by atoms with van der Waals surface area (Å²) >= 11 is 0. The summed E-state index contributed by atoms with van der Waals surface area (Å²) < 4.78 is 10.8. The summed E-state index contributed by atoms with van der Waals surface area (Å²) in [4.78, 5) is 25.1. The Morgan fingerprint density at radius 3 is 2.82 bits per heavy atom. The number of carbonyl (C=O) groups excluding carboxylic acids is 1. The van der Waals surface area contributed by atoms with Crippen LogP contribution in [-0.2, 0) is 20.7 Å². The van der Waals surface area contributed by atoms with Crippen LogP contribution in [0.2, 0.25) is 0 Å². The second-order valence-electron chi connectivity index (χ2n) is 5.47. The summed E-state index contributed by atoms with van der Waals surface area (Å²) in [5, 5.41) is 9.20. The Morgan fingerprint density at radius 2 is 2.14 bits per heavy atom. The SMILES string of the molecule is CC(C)Oc1ccccc1CC(=O)N1CCOC[C@H]1C(=O)O. The van der Waals surface area contributed by atoms with Gasteiger partial charge in [0.1, 0.15) is 5.75 Å². The van der Waals surface area contributed by atoms with Crippen molar-refractivity contribution < 1.29 is 24.2 Å². The van der Waals surface area contributed by atoms with E-state index in [-0.39, 0.29) is 25.0 Å². The minimum atomic E-state index is -1.04. The molecule has 1 fully saturated rings. The largest absolute Gasteiger partial charge is 0.491 e. The van der Waals surface area contributed by atoms with Crippen LogP contribution in [0, 0.1) is 0 Å². The van der Waals surface area contributed by atoms with E-state index in [1.54, 1.807) is 0 Å². The van der Waals surface area contributed by atoms with Gasteiger partial charge >= 0.3 is 5.97 Å². The second kappa shape index (κ2) is 7.26. The van der Waals surface area contributed by atoms with Gasteiger partial charge in [0.05, 0.1) is 25.7 Å². The first-order valence-corrected chi connectivity index (χ1v) is 7.33. The van der Waals surface area contributed by atoms with Gasteiger partial charge in [0.25, 0.3) is 0 Å². The third-order valence-electron chi connectivity index (χ3n) is 3.41. The van der Waals surface area contributed by atoms with Crippen LogP contribution in [0.15, 0.2) is 24.3 Å². The number of carbonyl (C=O) groups is 2. The van der Waals surface area contributed by atoms with Crippen LogP contribution in [0.25, 0.3) is 0 Å². The second-order valence-corrected chi connectivity index (χ2v) is 5.47. The summed E-state index contributed by atoms with van der Waals surface area (Å²) in [7, 11) is 0. The molecule has 0 radical (unpaired) electrons. The quantitative estimate of drug-likeness (QED) is 0.888. The molecule has 120 valence electrons. The molecular weight excluding hydrogens is 286 g/mol. The highest BCUT2D eigenvalue weighted by Crippen LogP contribution is 2.21. The van der Waals surface area contributed by atoms with Gasteiger partial charge < -0.3 is 19.5 Å². The van der Waals surface area contributed by atoms with E-state index in [1.807, 2.05) is 38.1 Å². The summed E-state index contributed by atoms with van der Waals surface area (Å²) in [6, 6.07) is 6.41. The molecular formula is C16H21NO5. The lowest BCUT2D eigenvalue weighted by atomic mass is 10.1. The van der Waals surface area contributed by atoms with Crippen molar-refractivity contribution in [1.82, 2.24) is 4.90 Å². The van der Waals surface area contributed by atoms with Crippen LogP contribution in [0.3, 0.4) is 0 Å². The minimum Gasteiger partial charge on any atom is -0.491 e. The molecule has 1 N–H and O–H groups in total. The number of morpholine rings is 1. The molecule has 0 aliphatic carbocycles. The number of para-hydroxylation sites is 1. The van der Waals surface area contributed by atoms with Gasteiger partial charge in [0, 0.05) is 12.1 Å². The minimum absolute atomic E-state index is 0.00593. The number of aliphatic carboxylic acids is 1. The lowest BCUT2D eigenvalue weighted by Gasteiger charge is -2.33. The van der Waals surface area contributed by atoms with E-state index in [9.17, 15) is 14.7 Å². The van der Waals surface area contributed by atoms with E-state index < -0.39 is 12.0 Å². The molecule has 0 bridgehead atoms. The number of rotatable bonds is 5. The Labute approximate surface area is 129 Å². The van der Waals surface area contributed by atoms with Gasteiger partial charge in [-0.05, 0) is 19.9 Å². The zero-order chi connectivity index (χ0) is 16.1. The first-order chi connectivity index (χ1) is 10.5. The van der Waals surface area contributed by atoms with Crippen LogP contribution in [0.5, 0.6) is 5.75 Å². The lowest BCUT2D eigenvalue weighted by Crippen LogP contribution is -2.53. The molecule has 6 nitrogen and oxygen atoms in total. The maximum atomic E-state index is 12.5. The van der Waals surface area contributed by atoms with Gasteiger partial charge in [0.15, 0.2) is 6.04 Å². The fourth-order valence-corrected chi connectivity index (χ4v) is 2.39. The number of ether oxygens (including phenoxy) is 2. The molecule has 1 aromatic carbocycles. The summed E-state index contributed by atoms with van der Waals surface area (Å²) in [5.74, 6) is -0.610. The molecule has 1 atom stereocenters. The molecule has 1 aliphatic rings. The van der Waals surface area contributed by atoms with Crippen LogP contribution in [0.4, 0.5) is 0 Å². The van der Waals surface area contributed by atoms with Crippen molar-refractivity contribution >= 4 is 11.9 Å². The maximum Gasteiger partial charge on any atom is 0.328 e. The molecule has 22 heavy (non-hydrogen) atoms. The number of nitrogens with zero attached hydrogens (tertiary/aromatic N) is 1. The van der Waals surface area contributed by atoms with Gasteiger partial charge in [-0.25, -0.2) is 4.79 Å². The molecule has 2 rings (SSSR count). The number of carboxylic acid groups (broad SMARTS) is 1. The maximum absolute atomic E-state index is 12.5. The predicted molar refractivity (Wildman–Crippen MR) is 79.9 cm³/mol. The highest BCUT2D eigenvalue weighted by molar-refractivity contribution is 5.85. The Balaban J connectivity index is 2.12. The number of hydrogen-bond acceptors (Lipinski definition) is 4. The fourth-order valence-electron chi connectivity index (χ4n) is 2.39. The van der Waals surface area contributed by atoms with Gasteiger partial charge in [-0.15, -0.1) is 0 Å². The first kappa shape index (κ1) is 16.3. The van der Waals surface area contributed by atoms with Gasteiger partial charge in [-0.3, -0.25) is 4.79 Å². The summed E-state index contributed by atoms with van der Waals surface area (Å²) in [6.07, 6.45) is 0.124. The van der Waals surface area contributed by atoms with Gasteiger partial charge in [0.2, 0.25) is 5.91 Å². The fraction of sp³-hybridized carbons (Fsp3) is 0.500. The number of carboxylic acids is 1. The summed E-state index contributed by atoms with van der Waals surface area (Å²) in [5.41, 5.74) is 0.761. The van der Waals surface area contributed by atoms with E-state index in [2.05, 4.69) is 0 Å². The first-order valence-electron chi connectivity index (χ1n) is 7.33.